The van der Waals surface area contributed by atoms with Gasteiger partial charge in [0.2, 0.25) is 0 Å². The first-order valence-electron chi connectivity index (χ1n) is 7.70. The molecule has 3 nitrogen and oxygen atoms in total. The van der Waals surface area contributed by atoms with Crippen LogP contribution in [-0.4, -0.2) is 38.4 Å². The van der Waals surface area contributed by atoms with Crippen molar-refractivity contribution in [3.63, 3.8) is 0 Å². The molecule has 1 aliphatic heterocycles. The lowest BCUT2D eigenvalue weighted by Gasteiger charge is -2.32. The fraction of sp³-hybridized carbons (Fsp3) is 1.00. The van der Waals surface area contributed by atoms with E-state index in [0.717, 1.165) is 18.6 Å². The average Bonchev–Trinajstić information content (AvgIpc) is 2.97. The molecule has 106 valence electrons. The highest BCUT2D eigenvalue weighted by Gasteiger charge is 2.36. The van der Waals surface area contributed by atoms with Gasteiger partial charge in [-0.1, -0.05) is 20.3 Å². The van der Waals surface area contributed by atoms with Gasteiger partial charge in [-0.15, -0.1) is 0 Å². The lowest BCUT2D eigenvalue weighted by Crippen LogP contribution is -2.49. The molecule has 0 amide bonds. The molecule has 18 heavy (non-hydrogen) atoms. The average molecular weight is 254 g/mol. The first-order valence-corrected chi connectivity index (χ1v) is 7.70. The lowest BCUT2D eigenvalue weighted by molar-refractivity contribution is 0.133. The minimum absolute atomic E-state index is 0.502. The molecule has 2 fully saturated rings. The van der Waals surface area contributed by atoms with E-state index in [1.165, 1.54) is 38.6 Å². The molecule has 1 saturated carbocycles. The summed E-state index contributed by atoms with van der Waals surface area (Å²) in [7, 11) is 1.81. The Hall–Kier alpha value is -0.120. The Morgan fingerprint density at radius 3 is 2.67 bits per heavy atom. The Balaban J connectivity index is 1.89. The van der Waals surface area contributed by atoms with Gasteiger partial charge in [0.05, 0.1) is 6.61 Å². The third kappa shape index (κ3) is 3.46. The summed E-state index contributed by atoms with van der Waals surface area (Å²) in [6.07, 6.45) is 6.86. The van der Waals surface area contributed by atoms with Gasteiger partial charge in [0, 0.05) is 25.2 Å². The first-order chi connectivity index (χ1) is 8.72. The number of ether oxygens (including phenoxy) is 1. The number of rotatable bonds is 6. The van der Waals surface area contributed by atoms with Crippen LogP contribution in [0.5, 0.6) is 0 Å². The molecule has 3 heteroatoms. The second-order valence-corrected chi connectivity index (χ2v) is 6.38. The summed E-state index contributed by atoms with van der Waals surface area (Å²) in [5, 5.41) is 7.57. The molecular formula is C15H30N2O. The van der Waals surface area contributed by atoms with Crippen molar-refractivity contribution >= 4 is 0 Å². The van der Waals surface area contributed by atoms with Crippen molar-refractivity contribution in [2.24, 2.45) is 11.8 Å². The maximum absolute atomic E-state index is 5.36. The summed E-state index contributed by atoms with van der Waals surface area (Å²) >= 11 is 0. The zero-order valence-corrected chi connectivity index (χ0v) is 12.2. The van der Waals surface area contributed by atoms with Gasteiger partial charge in [0.1, 0.15) is 0 Å². The minimum Gasteiger partial charge on any atom is -0.383 e. The normalized spacial score (nSPS) is 34.3. The van der Waals surface area contributed by atoms with Gasteiger partial charge in [0.15, 0.2) is 0 Å². The molecule has 2 aliphatic rings. The molecule has 4 unspecified atom stereocenters. The van der Waals surface area contributed by atoms with Crippen LogP contribution in [0.15, 0.2) is 0 Å². The minimum atomic E-state index is 0.502. The van der Waals surface area contributed by atoms with Gasteiger partial charge in [0.25, 0.3) is 0 Å². The van der Waals surface area contributed by atoms with E-state index in [9.17, 15) is 0 Å². The second kappa shape index (κ2) is 6.88. The predicted molar refractivity (Wildman–Crippen MR) is 75.8 cm³/mol. The van der Waals surface area contributed by atoms with Gasteiger partial charge in [-0.2, -0.15) is 0 Å². The van der Waals surface area contributed by atoms with E-state index in [1.54, 1.807) is 0 Å². The number of hydrogen-bond donors (Lipinski definition) is 2. The van der Waals surface area contributed by atoms with Gasteiger partial charge in [-0.25, -0.2) is 0 Å². The van der Waals surface area contributed by atoms with Crippen molar-refractivity contribution in [1.82, 2.24) is 10.6 Å². The fourth-order valence-corrected chi connectivity index (χ4v) is 3.64. The zero-order chi connectivity index (χ0) is 13.0. The Labute approximate surface area is 112 Å². The monoisotopic (exact) mass is 254 g/mol. The molecule has 0 radical (unpaired) electrons. The van der Waals surface area contributed by atoms with Gasteiger partial charge in [-0.05, 0) is 44.1 Å². The van der Waals surface area contributed by atoms with Gasteiger partial charge >= 0.3 is 0 Å². The van der Waals surface area contributed by atoms with Crippen LogP contribution in [0.4, 0.5) is 0 Å². The third-order valence-corrected chi connectivity index (χ3v) is 4.76. The molecule has 1 heterocycles. The number of methoxy groups -OCH3 is 1. The maximum atomic E-state index is 5.36. The molecular weight excluding hydrogens is 224 g/mol. The molecule has 0 aromatic rings. The summed E-state index contributed by atoms with van der Waals surface area (Å²) in [5.41, 5.74) is 0. The molecule has 0 bridgehead atoms. The number of nitrogens with one attached hydrogen (secondary N) is 2. The van der Waals surface area contributed by atoms with Crippen LogP contribution in [0.1, 0.15) is 46.0 Å². The van der Waals surface area contributed by atoms with Crippen LogP contribution in [0, 0.1) is 11.8 Å². The Bertz CT molecular complexity index is 239. The Kier molecular flexibility index (Phi) is 5.46. The van der Waals surface area contributed by atoms with Crippen molar-refractivity contribution in [2.45, 2.75) is 64.1 Å². The van der Waals surface area contributed by atoms with E-state index in [-0.39, 0.29) is 0 Å². The summed E-state index contributed by atoms with van der Waals surface area (Å²) < 4.78 is 5.36. The van der Waals surface area contributed by atoms with Crippen molar-refractivity contribution in [3.05, 3.63) is 0 Å². The van der Waals surface area contributed by atoms with Crippen LogP contribution in [-0.2, 0) is 4.74 Å². The Morgan fingerprint density at radius 1 is 1.22 bits per heavy atom. The summed E-state index contributed by atoms with van der Waals surface area (Å²) in [5.74, 6) is 1.48. The molecule has 4 atom stereocenters. The highest BCUT2D eigenvalue weighted by atomic mass is 16.5. The maximum Gasteiger partial charge on any atom is 0.0618 e. The molecule has 2 rings (SSSR count). The van der Waals surface area contributed by atoms with Crippen molar-refractivity contribution in [3.8, 4) is 0 Å². The SMILES string of the molecule is COCC(NC1CCCC1C1CCCN1)C(C)C. The van der Waals surface area contributed by atoms with Crippen LogP contribution < -0.4 is 10.6 Å². The van der Waals surface area contributed by atoms with Gasteiger partial charge < -0.3 is 15.4 Å². The molecule has 2 N–H and O–H groups in total. The highest BCUT2D eigenvalue weighted by Crippen LogP contribution is 2.32. The summed E-state index contributed by atoms with van der Waals surface area (Å²) in [6, 6.07) is 1.96. The zero-order valence-electron chi connectivity index (χ0n) is 12.2. The van der Waals surface area contributed by atoms with E-state index in [1.807, 2.05) is 7.11 Å². The quantitative estimate of drug-likeness (QED) is 0.762. The van der Waals surface area contributed by atoms with E-state index < -0.39 is 0 Å². The van der Waals surface area contributed by atoms with Crippen molar-refractivity contribution < 1.29 is 4.74 Å². The fourth-order valence-electron chi connectivity index (χ4n) is 3.64. The third-order valence-electron chi connectivity index (χ3n) is 4.76. The van der Waals surface area contributed by atoms with Crippen LogP contribution in [0.2, 0.25) is 0 Å². The van der Waals surface area contributed by atoms with E-state index in [2.05, 4.69) is 24.5 Å². The largest absolute Gasteiger partial charge is 0.383 e. The lowest BCUT2D eigenvalue weighted by atomic mass is 9.91. The molecule has 1 saturated heterocycles. The molecule has 0 aromatic carbocycles. The standard InChI is InChI=1S/C15H30N2O/c1-11(2)15(10-18-3)17-14-7-4-6-12(14)13-8-5-9-16-13/h11-17H,4-10H2,1-3H3. The smallest absolute Gasteiger partial charge is 0.0618 e. The topological polar surface area (TPSA) is 33.3 Å². The second-order valence-electron chi connectivity index (χ2n) is 6.38. The van der Waals surface area contributed by atoms with Crippen LogP contribution >= 0.6 is 0 Å². The summed E-state index contributed by atoms with van der Waals surface area (Å²) in [6.45, 7) is 6.63. The van der Waals surface area contributed by atoms with Crippen molar-refractivity contribution in [2.75, 3.05) is 20.3 Å². The number of hydrogen-bond acceptors (Lipinski definition) is 3. The molecule has 0 aromatic heterocycles. The van der Waals surface area contributed by atoms with Gasteiger partial charge in [-0.3, -0.25) is 0 Å². The highest BCUT2D eigenvalue weighted by molar-refractivity contribution is 4.94. The first kappa shape index (κ1) is 14.3. The Morgan fingerprint density at radius 2 is 2.06 bits per heavy atom. The summed E-state index contributed by atoms with van der Waals surface area (Å²) in [4.78, 5) is 0. The molecule has 0 spiro atoms. The van der Waals surface area contributed by atoms with Crippen molar-refractivity contribution in [1.29, 1.82) is 0 Å². The molecule has 1 aliphatic carbocycles. The van der Waals surface area contributed by atoms with E-state index in [0.29, 0.717) is 18.0 Å². The van der Waals surface area contributed by atoms with Crippen LogP contribution in [0.25, 0.3) is 0 Å². The van der Waals surface area contributed by atoms with Crippen LogP contribution in [0.3, 0.4) is 0 Å². The van der Waals surface area contributed by atoms with E-state index in [4.69, 9.17) is 4.74 Å². The van der Waals surface area contributed by atoms with E-state index >= 15 is 0 Å². The predicted octanol–water partition coefficient (Wildman–Crippen LogP) is 2.17.